The normalized spacial score (nSPS) is 35.5. The van der Waals surface area contributed by atoms with Gasteiger partial charge in [-0.15, -0.1) is 11.6 Å². The molecule has 2 atom stereocenters. The predicted octanol–water partition coefficient (Wildman–Crippen LogP) is 2.16. The third-order valence-electron chi connectivity index (χ3n) is 3.15. The molecule has 0 bridgehead atoms. The van der Waals surface area contributed by atoms with Crippen molar-refractivity contribution in [2.45, 2.75) is 49.9 Å². The summed E-state index contributed by atoms with van der Waals surface area (Å²) in [7, 11) is 0. The minimum absolute atomic E-state index is 0.298. The molecule has 0 spiro atoms. The first-order valence-electron chi connectivity index (χ1n) is 5.21. The first-order valence-corrected chi connectivity index (χ1v) is 5.64. The average Bonchev–Trinajstić information content (AvgIpc) is 2.28. The Morgan fingerprint density at radius 1 is 1.31 bits per heavy atom. The Bertz CT molecular complexity index is 207. The van der Waals surface area contributed by atoms with Crippen molar-refractivity contribution < 1.29 is 4.79 Å². The molecule has 74 valence electrons. The maximum Gasteiger partial charge on any atom is 0.222 e. The molecule has 2 heterocycles. The van der Waals surface area contributed by atoms with Gasteiger partial charge in [0.1, 0.15) is 0 Å². The summed E-state index contributed by atoms with van der Waals surface area (Å²) in [5, 5.41) is 0.298. The molecule has 2 rings (SSSR count). The van der Waals surface area contributed by atoms with Crippen molar-refractivity contribution in [3.8, 4) is 0 Å². The number of amides is 1. The molecule has 0 aliphatic carbocycles. The molecule has 0 aromatic heterocycles. The van der Waals surface area contributed by atoms with Crippen LogP contribution in [0.5, 0.6) is 0 Å². The second-order valence-electron chi connectivity index (χ2n) is 4.11. The van der Waals surface area contributed by atoms with E-state index in [9.17, 15) is 4.79 Å². The van der Waals surface area contributed by atoms with Gasteiger partial charge in [-0.3, -0.25) is 4.79 Å². The molecule has 2 nitrogen and oxygen atoms in total. The van der Waals surface area contributed by atoms with Crippen LogP contribution < -0.4 is 0 Å². The minimum atomic E-state index is 0.298. The van der Waals surface area contributed by atoms with E-state index < -0.39 is 0 Å². The Balaban J connectivity index is 2.06. The summed E-state index contributed by atoms with van der Waals surface area (Å²) in [6, 6.07) is 0.450. The van der Waals surface area contributed by atoms with Gasteiger partial charge in [-0.1, -0.05) is 6.42 Å². The van der Waals surface area contributed by atoms with E-state index in [4.69, 9.17) is 11.6 Å². The zero-order valence-corrected chi connectivity index (χ0v) is 8.59. The highest BCUT2D eigenvalue weighted by molar-refractivity contribution is 6.20. The number of carbonyl (C=O) groups is 1. The number of hydrogen-bond acceptors (Lipinski definition) is 1. The van der Waals surface area contributed by atoms with Crippen molar-refractivity contribution >= 4 is 17.5 Å². The van der Waals surface area contributed by atoms with E-state index in [2.05, 4.69) is 4.90 Å². The summed E-state index contributed by atoms with van der Waals surface area (Å²) in [5.41, 5.74) is 0. The molecule has 0 aromatic carbocycles. The Kier molecular flexibility index (Phi) is 2.77. The maximum atomic E-state index is 11.6. The SMILES string of the molecule is O=C1CCCCC2CC(Cl)CCN12. The van der Waals surface area contributed by atoms with Crippen molar-refractivity contribution in [1.29, 1.82) is 0 Å². The van der Waals surface area contributed by atoms with E-state index in [1.807, 2.05) is 0 Å². The van der Waals surface area contributed by atoms with Gasteiger partial charge in [-0.05, 0) is 25.7 Å². The van der Waals surface area contributed by atoms with Crippen LogP contribution in [0.15, 0.2) is 0 Å². The van der Waals surface area contributed by atoms with Crippen molar-refractivity contribution in [1.82, 2.24) is 4.90 Å². The second kappa shape index (κ2) is 3.87. The van der Waals surface area contributed by atoms with Crippen molar-refractivity contribution in [3.05, 3.63) is 0 Å². The zero-order valence-electron chi connectivity index (χ0n) is 7.84. The Labute approximate surface area is 84.2 Å². The molecule has 0 N–H and O–H groups in total. The van der Waals surface area contributed by atoms with E-state index >= 15 is 0 Å². The van der Waals surface area contributed by atoms with E-state index in [0.29, 0.717) is 17.3 Å². The van der Waals surface area contributed by atoms with Gasteiger partial charge in [0.05, 0.1) is 0 Å². The molecule has 2 unspecified atom stereocenters. The highest BCUT2D eigenvalue weighted by Gasteiger charge is 2.31. The fourth-order valence-corrected chi connectivity index (χ4v) is 2.71. The quantitative estimate of drug-likeness (QED) is 0.550. The summed E-state index contributed by atoms with van der Waals surface area (Å²) < 4.78 is 0. The lowest BCUT2D eigenvalue weighted by molar-refractivity contribution is -0.133. The molecule has 2 aliphatic heterocycles. The molecule has 13 heavy (non-hydrogen) atoms. The number of carbonyl (C=O) groups excluding carboxylic acids is 1. The number of fused-ring (bicyclic) bond motifs is 1. The molecule has 0 saturated carbocycles. The lowest BCUT2D eigenvalue weighted by Crippen LogP contribution is -2.45. The predicted molar refractivity (Wildman–Crippen MR) is 52.8 cm³/mol. The summed E-state index contributed by atoms with van der Waals surface area (Å²) >= 11 is 6.10. The summed E-state index contributed by atoms with van der Waals surface area (Å²) in [4.78, 5) is 13.7. The molecule has 2 aliphatic rings. The molecule has 1 amide bonds. The Morgan fingerprint density at radius 3 is 3.00 bits per heavy atom. The van der Waals surface area contributed by atoms with E-state index in [1.165, 1.54) is 6.42 Å². The van der Waals surface area contributed by atoms with Crippen molar-refractivity contribution in [3.63, 3.8) is 0 Å². The van der Waals surface area contributed by atoms with Gasteiger partial charge < -0.3 is 4.90 Å². The van der Waals surface area contributed by atoms with Crippen LogP contribution in [0.4, 0.5) is 0 Å². The number of halogens is 1. The van der Waals surface area contributed by atoms with Crippen LogP contribution in [0.1, 0.15) is 38.5 Å². The topological polar surface area (TPSA) is 20.3 Å². The highest BCUT2D eigenvalue weighted by atomic mass is 35.5. The van der Waals surface area contributed by atoms with Crippen LogP contribution in [-0.2, 0) is 4.79 Å². The largest absolute Gasteiger partial charge is 0.340 e. The maximum absolute atomic E-state index is 11.6. The summed E-state index contributed by atoms with van der Waals surface area (Å²) in [6.45, 7) is 0.887. The van der Waals surface area contributed by atoms with Gasteiger partial charge in [0.2, 0.25) is 5.91 Å². The van der Waals surface area contributed by atoms with E-state index in [-0.39, 0.29) is 0 Å². The molecular weight excluding hydrogens is 186 g/mol. The third-order valence-corrected chi connectivity index (χ3v) is 3.55. The first-order chi connectivity index (χ1) is 6.27. The molecular formula is C10H16ClNO. The second-order valence-corrected chi connectivity index (χ2v) is 4.73. The highest BCUT2D eigenvalue weighted by Crippen LogP contribution is 2.28. The minimum Gasteiger partial charge on any atom is -0.340 e. The van der Waals surface area contributed by atoms with Crippen LogP contribution in [0.25, 0.3) is 0 Å². The average molecular weight is 202 g/mol. The van der Waals surface area contributed by atoms with Crippen LogP contribution in [0.3, 0.4) is 0 Å². The number of piperidine rings is 1. The smallest absolute Gasteiger partial charge is 0.222 e. The van der Waals surface area contributed by atoms with E-state index in [0.717, 1.165) is 38.6 Å². The van der Waals surface area contributed by atoms with Gasteiger partial charge in [0.15, 0.2) is 0 Å². The molecule has 0 aromatic rings. The molecule has 3 heteroatoms. The van der Waals surface area contributed by atoms with Gasteiger partial charge in [-0.25, -0.2) is 0 Å². The van der Waals surface area contributed by atoms with Crippen molar-refractivity contribution in [2.75, 3.05) is 6.54 Å². The number of nitrogens with zero attached hydrogens (tertiary/aromatic N) is 1. The van der Waals surface area contributed by atoms with Crippen LogP contribution >= 0.6 is 11.6 Å². The standard InChI is InChI=1S/C10H16ClNO/c11-8-5-6-12-9(7-8)3-1-2-4-10(12)13/h8-9H,1-7H2. The first kappa shape index (κ1) is 9.32. The van der Waals surface area contributed by atoms with Crippen LogP contribution in [0, 0.1) is 0 Å². The van der Waals surface area contributed by atoms with E-state index in [1.54, 1.807) is 0 Å². The van der Waals surface area contributed by atoms with Gasteiger partial charge in [0, 0.05) is 24.4 Å². The number of alkyl halides is 1. The van der Waals surface area contributed by atoms with Gasteiger partial charge >= 0.3 is 0 Å². The van der Waals surface area contributed by atoms with Gasteiger partial charge in [0.25, 0.3) is 0 Å². The fraction of sp³-hybridized carbons (Fsp3) is 0.900. The third kappa shape index (κ3) is 1.98. The zero-order chi connectivity index (χ0) is 9.26. The van der Waals surface area contributed by atoms with Crippen LogP contribution in [-0.4, -0.2) is 28.8 Å². The molecule has 2 saturated heterocycles. The number of hydrogen-bond donors (Lipinski definition) is 0. The lowest BCUT2D eigenvalue weighted by atomic mass is 9.99. The molecule has 2 fully saturated rings. The summed E-state index contributed by atoms with van der Waals surface area (Å²) in [5.74, 6) is 0.353. The lowest BCUT2D eigenvalue weighted by Gasteiger charge is -2.36. The number of rotatable bonds is 0. The summed E-state index contributed by atoms with van der Waals surface area (Å²) in [6.07, 6.45) is 6.16. The monoisotopic (exact) mass is 201 g/mol. The van der Waals surface area contributed by atoms with Crippen LogP contribution in [0.2, 0.25) is 0 Å². The Hall–Kier alpha value is -0.240. The fourth-order valence-electron chi connectivity index (χ4n) is 2.40. The Morgan fingerprint density at radius 2 is 2.15 bits per heavy atom. The van der Waals surface area contributed by atoms with Crippen molar-refractivity contribution in [2.24, 2.45) is 0 Å². The van der Waals surface area contributed by atoms with Gasteiger partial charge in [-0.2, -0.15) is 0 Å². The molecule has 0 radical (unpaired) electrons.